The lowest BCUT2D eigenvalue weighted by atomic mass is 9.96. The van der Waals surface area contributed by atoms with Crippen molar-refractivity contribution in [2.45, 2.75) is 32.0 Å². The van der Waals surface area contributed by atoms with Gasteiger partial charge in [-0.15, -0.1) is 0 Å². The van der Waals surface area contributed by atoms with Crippen LogP contribution in [0.1, 0.15) is 42.1 Å². The monoisotopic (exact) mass is 267 g/mol. The molecule has 0 fully saturated rings. The van der Waals surface area contributed by atoms with E-state index in [2.05, 4.69) is 66.8 Å². The number of nitrogens with one attached hydrogen (secondary N) is 1. The van der Waals surface area contributed by atoms with E-state index >= 15 is 0 Å². The molecule has 0 spiro atoms. The normalized spacial score (nSPS) is 19.4. The Hall–Kier alpha value is -1.64. The summed E-state index contributed by atoms with van der Waals surface area (Å²) in [5, 5.41) is 3.75. The minimum atomic E-state index is 0.283. The number of hydrogen-bond acceptors (Lipinski definition) is 2. The van der Waals surface area contributed by atoms with Crippen LogP contribution in [0.3, 0.4) is 0 Å². The lowest BCUT2D eigenvalue weighted by Gasteiger charge is -2.30. The van der Waals surface area contributed by atoms with Gasteiger partial charge in [-0.25, -0.2) is 0 Å². The van der Waals surface area contributed by atoms with Crippen LogP contribution in [0.4, 0.5) is 0 Å². The summed E-state index contributed by atoms with van der Waals surface area (Å²) in [6.45, 7) is 3.71. The molecule has 0 bridgehead atoms. The zero-order valence-corrected chi connectivity index (χ0v) is 11.9. The van der Waals surface area contributed by atoms with Gasteiger partial charge in [0.2, 0.25) is 0 Å². The van der Waals surface area contributed by atoms with Crippen LogP contribution in [0, 0.1) is 0 Å². The molecular weight excluding hydrogens is 246 g/mol. The highest BCUT2D eigenvalue weighted by Gasteiger charge is 2.22. The van der Waals surface area contributed by atoms with Crippen LogP contribution >= 0.6 is 0 Å². The fraction of sp³-hybridized carbons (Fsp3) is 0.333. The first-order valence-corrected chi connectivity index (χ1v) is 7.35. The minimum Gasteiger partial charge on any atom is -0.375 e. The van der Waals surface area contributed by atoms with Crippen LogP contribution in [0.15, 0.2) is 54.6 Å². The van der Waals surface area contributed by atoms with E-state index in [9.17, 15) is 0 Å². The molecule has 2 atom stereocenters. The summed E-state index contributed by atoms with van der Waals surface area (Å²) < 4.78 is 5.73. The highest BCUT2D eigenvalue weighted by Crippen LogP contribution is 2.28. The zero-order chi connectivity index (χ0) is 13.8. The number of hydrogen-bond donors (Lipinski definition) is 1. The predicted molar refractivity (Wildman–Crippen MR) is 81.4 cm³/mol. The fourth-order valence-electron chi connectivity index (χ4n) is 2.90. The van der Waals surface area contributed by atoms with Crippen molar-refractivity contribution in [3.05, 3.63) is 71.3 Å². The molecule has 2 nitrogen and oxygen atoms in total. The Morgan fingerprint density at radius 1 is 1.10 bits per heavy atom. The Labute approximate surface area is 120 Å². The smallest absolute Gasteiger partial charge is 0.0721 e. The standard InChI is InChI=1S/C18H21NO/c1-2-17(14-8-4-3-5-9-14)19-18-13-20-12-15-10-6-7-11-16(15)18/h3-11,17-19H,2,12-13H2,1H3. The Balaban J connectivity index is 1.81. The molecule has 2 aromatic carbocycles. The van der Waals surface area contributed by atoms with Crippen molar-refractivity contribution in [2.24, 2.45) is 0 Å². The lowest BCUT2D eigenvalue weighted by Crippen LogP contribution is -2.32. The van der Waals surface area contributed by atoms with Crippen LogP contribution in [-0.4, -0.2) is 6.61 Å². The van der Waals surface area contributed by atoms with E-state index in [4.69, 9.17) is 4.74 Å². The molecule has 0 amide bonds. The van der Waals surface area contributed by atoms with E-state index in [1.165, 1.54) is 16.7 Å². The highest BCUT2D eigenvalue weighted by atomic mass is 16.5. The molecule has 0 aromatic heterocycles. The van der Waals surface area contributed by atoms with Gasteiger partial charge in [0.05, 0.1) is 19.3 Å². The van der Waals surface area contributed by atoms with Crippen LogP contribution in [0.2, 0.25) is 0 Å². The van der Waals surface area contributed by atoms with Crippen LogP contribution in [0.5, 0.6) is 0 Å². The van der Waals surface area contributed by atoms with Gasteiger partial charge in [0.15, 0.2) is 0 Å². The van der Waals surface area contributed by atoms with Gasteiger partial charge in [-0.1, -0.05) is 61.5 Å². The maximum atomic E-state index is 5.73. The fourth-order valence-corrected chi connectivity index (χ4v) is 2.90. The van der Waals surface area contributed by atoms with Gasteiger partial charge in [-0.3, -0.25) is 0 Å². The van der Waals surface area contributed by atoms with Gasteiger partial charge in [0.25, 0.3) is 0 Å². The molecule has 3 rings (SSSR count). The number of rotatable bonds is 4. The molecule has 1 N–H and O–H groups in total. The van der Waals surface area contributed by atoms with Crippen molar-refractivity contribution < 1.29 is 4.74 Å². The summed E-state index contributed by atoms with van der Waals surface area (Å²) in [5.41, 5.74) is 4.03. The van der Waals surface area contributed by atoms with Gasteiger partial charge >= 0.3 is 0 Å². The summed E-state index contributed by atoms with van der Waals surface area (Å²) in [4.78, 5) is 0. The molecule has 2 aromatic rings. The molecule has 2 unspecified atom stereocenters. The Kier molecular flexibility index (Phi) is 4.14. The Morgan fingerprint density at radius 3 is 2.65 bits per heavy atom. The topological polar surface area (TPSA) is 21.3 Å². The average Bonchev–Trinajstić information content (AvgIpc) is 2.53. The van der Waals surface area contributed by atoms with E-state index in [0.717, 1.165) is 19.6 Å². The summed E-state index contributed by atoms with van der Waals surface area (Å²) in [7, 11) is 0. The lowest BCUT2D eigenvalue weighted by molar-refractivity contribution is 0.0781. The van der Waals surface area contributed by atoms with Crippen LogP contribution in [-0.2, 0) is 11.3 Å². The second kappa shape index (κ2) is 6.21. The SMILES string of the molecule is CCC(NC1COCc2ccccc21)c1ccccc1. The molecular formula is C18H21NO. The summed E-state index contributed by atoms with van der Waals surface area (Å²) >= 11 is 0. The molecule has 1 aliphatic heterocycles. The zero-order valence-electron chi connectivity index (χ0n) is 11.9. The predicted octanol–water partition coefficient (Wildman–Crippen LogP) is 4.00. The average molecular weight is 267 g/mol. The Bertz CT molecular complexity index is 552. The van der Waals surface area contributed by atoms with E-state index < -0.39 is 0 Å². The molecule has 0 radical (unpaired) electrons. The number of ether oxygens (including phenoxy) is 1. The second-order valence-electron chi connectivity index (χ2n) is 5.30. The van der Waals surface area contributed by atoms with Gasteiger partial charge in [-0.05, 0) is 23.1 Å². The molecule has 2 heteroatoms. The molecule has 1 aliphatic rings. The quantitative estimate of drug-likeness (QED) is 0.904. The van der Waals surface area contributed by atoms with Crippen molar-refractivity contribution in [1.29, 1.82) is 0 Å². The van der Waals surface area contributed by atoms with Crippen molar-refractivity contribution in [3.63, 3.8) is 0 Å². The van der Waals surface area contributed by atoms with Crippen molar-refractivity contribution in [2.75, 3.05) is 6.61 Å². The third-order valence-electron chi connectivity index (χ3n) is 3.99. The van der Waals surface area contributed by atoms with Crippen LogP contribution < -0.4 is 5.32 Å². The summed E-state index contributed by atoms with van der Waals surface area (Å²) in [6.07, 6.45) is 1.07. The molecule has 0 saturated heterocycles. The largest absolute Gasteiger partial charge is 0.375 e. The molecule has 0 aliphatic carbocycles. The van der Waals surface area contributed by atoms with Gasteiger partial charge in [-0.2, -0.15) is 0 Å². The maximum absolute atomic E-state index is 5.73. The summed E-state index contributed by atoms with van der Waals surface area (Å²) in [5.74, 6) is 0. The third-order valence-corrected chi connectivity index (χ3v) is 3.99. The molecule has 0 saturated carbocycles. The number of fused-ring (bicyclic) bond motifs is 1. The highest BCUT2D eigenvalue weighted by molar-refractivity contribution is 5.31. The summed E-state index contributed by atoms with van der Waals surface area (Å²) in [6, 6.07) is 19.9. The van der Waals surface area contributed by atoms with E-state index in [1.54, 1.807) is 0 Å². The van der Waals surface area contributed by atoms with Gasteiger partial charge < -0.3 is 10.1 Å². The van der Waals surface area contributed by atoms with E-state index in [1.807, 2.05) is 0 Å². The maximum Gasteiger partial charge on any atom is 0.0721 e. The first kappa shape index (κ1) is 13.3. The Morgan fingerprint density at radius 2 is 1.85 bits per heavy atom. The van der Waals surface area contributed by atoms with E-state index in [-0.39, 0.29) is 6.04 Å². The van der Waals surface area contributed by atoms with Gasteiger partial charge in [0.1, 0.15) is 0 Å². The van der Waals surface area contributed by atoms with Crippen molar-refractivity contribution in [1.82, 2.24) is 5.32 Å². The molecule has 1 heterocycles. The first-order valence-electron chi connectivity index (χ1n) is 7.35. The van der Waals surface area contributed by atoms with Crippen LogP contribution in [0.25, 0.3) is 0 Å². The number of benzene rings is 2. The molecule has 20 heavy (non-hydrogen) atoms. The minimum absolute atomic E-state index is 0.283. The van der Waals surface area contributed by atoms with Crippen molar-refractivity contribution in [3.8, 4) is 0 Å². The van der Waals surface area contributed by atoms with Crippen molar-refractivity contribution >= 4 is 0 Å². The third kappa shape index (κ3) is 2.77. The molecule has 104 valence electrons. The first-order chi connectivity index (χ1) is 9.88. The second-order valence-corrected chi connectivity index (χ2v) is 5.30. The van der Waals surface area contributed by atoms with Gasteiger partial charge in [0, 0.05) is 6.04 Å². The van der Waals surface area contributed by atoms with E-state index in [0.29, 0.717) is 6.04 Å².